The van der Waals surface area contributed by atoms with E-state index in [-0.39, 0.29) is 16.8 Å². The molecule has 2 unspecified atom stereocenters. The van der Waals surface area contributed by atoms with Crippen LogP contribution in [0.15, 0.2) is 0 Å². The number of hydrogen-bond acceptors (Lipinski definition) is 4. The Morgan fingerprint density at radius 1 is 1.35 bits per heavy atom. The zero-order valence-electron chi connectivity index (χ0n) is 13.0. The maximum atomic E-state index is 11.7. The first-order valence-corrected chi connectivity index (χ1v) is 7.55. The maximum absolute atomic E-state index is 11.7. The molecule has 0 aromatic rings. The number of ketones is 1. The zero-order chi connectivity index (χ0) is 15.0. The fourth-order valence-corrected chi connectivity index (χ4v) is 3.96. The minimum absolute atomic E-state index is 0.0270. The van der Waals surface area contributed by atoms with Gasteiger partial charge in [0.15, 0.2) is 0 Å². The third-order valence-electron chi connectivity index (χ3n) is 5.24. The van der Waals surface area contributed by atoms with Crippen LogP contribution in [0.3, 0.4) is 0 Å². The molecule has 1 saturated heterocycles. The lowest BCUT2D eigenvalue weighted by Crippen LogP contribution is -2.41. The van der Waals surface area contributed by atoms with E-state index in [9.17, 15) is 9.59 Å². The summed E-state index contributed by atoms with van der Waals surface area (Å²) in [4.78, 5) is 23.3. The summed E-state index contributed by atoms with van der Waals surface area (Å²) in [5.74, 6) is -0.697. The topological polar surface area (TPSA) is 55.9 Å². The summed E-state index contributed by atoms with van der Waals surface area (Å²) in [6.07, 6.45) is 4.93. The lowest BCUT2D eigenvalue weighted by molar-refractivity contribution is -0.149. The van der Waals surface area contributed by atoms with Crippen molar-refractivity contribution in [3.63, 3.8) is 0 Å². The number of ether oxygens (including phenoxy) is 2. The van der Waals surface area contributed by atoms with Gasteiger partial charge >= 0.3 is 5.97 Å². The highest BCUT2D eigenvalue weighted by Gasteiger charge is 2.57. The van der Waals surface area contributed by atoms with Gasteiger partial charge in [0.25, 0.3) is 0 Å². The molecule has 2 rings (SSSR count). The zero-order valence-corrected chi connectivity index (χ0v) is 13.0. The van der Waals surface area contributed by atoms with Gasteiger partial charge in [-0.25, -0.2) is 0 Å². The first-order valence-electron chi connectivity index (χ1n) is 7.55. The molecule has 0 aromatic carbocycles. The summed E-state index contributed by atoms with van der Waals surface area (Å²) < 4.78 is 10.5. The minimum atomic E-state index is -0.617. The number of epoxide rings is 1. The van der Waals surface area contributed by atoms with Gasteiger partial charge < -0.3 is 9.47 Å². The van der Waals surface area contributed by atoms with Crippen molar-refractivity contribution in [1.29, 1.82) is 0 Å². The van der Waals surface area contributed by atoms with E-state index in [1.165, 1.54) is 26.9 Å². The van der Waals surface area contributed by atoms with Crippen molar-refractivity contribution >= 4 is 11.8 Å². The highest BCUT2D eigenvalue weighted by atomic mass is 16.6. The van der Waals surface area contributed by atoms with E-state index in [0.717, 1.165) is 19.4 Å². The van der Waals surface area contributed by atoms with Crippen LogP contribution in [0, 0.1) is 17.3 Å². The van der Waals surface area contributed by atoms with Crippen molar-refractivity contribution in [2.24, 2.45) is 17.3 Å². The van der Waals surface area contributed by atoms with E-state index in [1.807, 2.05) is 0 Å². The number of methoxy groups -OCH3 is 1. The van der Waals surface area contributed by atoms with Gasteiger partial charge in [-0.1, -0.05) is 13.8 Å². The van der Waals surface area contributed by atoms with Crippen LogP contribution in [0.5, 0.6) is 0 Å². The number of hydrogen-bond donors (Lipinski definition) is 0. The van der Waals surface area contributed by atoms with Crippen molar-refractivity contribution < 1.29 is 19.1 Å². The summed E-state index contributed by atoms with van der Waals surface area (Å²) in [5.41, 5.74) is 0.241. The summed E-state index contributed by atoms with van der Waals surface area (Å²) >= 11 is 0. The molecule has 4 nitrogen and oxygen atoms in total. The fourth-order valence-electron chi connectivity index (χ4n) is 3.96. The number of esters is 1. The van der Waals surface area contributed by atoms with E-state index in [4.69, 9.17) is 9.47 Å². The standard InChI is InChI=1S/C16H26O4/c1-11(17)12(14(18)19-4)6-7-13-15(2,3)8-5-9-16(13)10-20-16/h12-13H,5-10H2,1-4H3/t12?,13-,16?/m0/s1. The van der Waals surface area contributed by atoms with Crippen LogP contribution in [-0.2, 0) is 19.1 Å². The smallest absolute Gasteiger partial charge is 0.316 e. The van der Waals surface area contributed by atoms with Crippen LogP contribution in [-0.4, -0.2) is 31.1 Å². The summed E-state index contributed by atoms with van der Waals surface area (Å²) in [5, 5.41) is 0. The minimum Gasteiger partial charge on any atom is -0.468 e. The molecule has 1 aliphatic heterocycles. The van der Waals surface area contributed by atoms with Gasteiger partial charge in [0, 0.05) is 0 Å². The highest BCUT2D eigenvalue weighted by molar-refractivity contribution is 5.97. The molecule has 2 aliphatic rings. The predicted molar refractivity (Wildman–Crippen MR) is 75.2 cm³/mol. The largest absolute Gasteiger partial charge is 0.468 e. The molecular weight excluding hydrogens is 256 g/mol. The molecule has 3 atom stereocenters. The SMILES string of the molecule is COC(=O)C(CC[C@H]1C(C)(C)CCCC12CO2)C(C)=O. The molecule has 1 spiro atoms. The molecule has 0 aromatic heterocycles. The Bertz CT molecular complexity index is 389. The van der Waals surface area contributed by atoms with Gasteiger partial charge in [0.2, 0.25) is 0 Å². The van der Waals surface area contributed by atoms with Gasteiger partial charge in [-0.3, -0.25) is 9.59 Å². The molecule has 0 amide bonds. The van der Waals surface area contributed by atoms with Crippen LogP contribution in [0.25, 0.3) is 0 Å². The van der Waals surface area contributed by atoms with Crippen LogP contribution in [0.4, 0.5) is 0 Å². The number of carbonyl (C=O) groups is 2. The van der Waals surface area contributed by atoms with Crippen molar-refractivity contribution in [2.45, 2.75) is 58.5 Å². The van der Waals surface area contributed by atoms with Crippen molar-refractivity contribution in [3.8, 4) is 0 Å². The van der Waals surface area contributed by atoms with Crippen LogP contribution < -0.4 is 0 Å². The van der Waals surface area contributed by atoms with Gasteiger partial charge in [0.1, 0.15) is 11.7 Å². The van der Waals surface area contributed by atoms with Gasteiger partial charge in [-0.15, -0.1) is 0 Å². The Hall–Kier alpha value is -0.900. The van der Waals surface area contributed by atoms with E-state index in [1.54, 1.807) is 0 Å². The molecule has 1 aliphatic carbocycles. The average Bonchev–Trinajstić information content (AvgIpc) is 3.12. The quantitative estimate of drug-likeness (QED) is 0.442. The number of Topliss-reactive ketones (excluding diaryl/α,β-unsaturated/α-hetero) is 1. The second kappa shape index (κ2) is 5.47. The Morgan fingerprint density at radius 3 is 2.50 bits per heavy atom. The molecule has 114 valence electrons. The van der Waals surface area contributed by atoms with Crippen LogP contribution in [0.1, 0.15) is 52.9 Å². The first kappa shape index (κ1) is 15.5. The van der Waals surface area contributed by atoms with E-state index in [2.05, 4.69) is 13.8 Å². The molecule has 0 radical (unpaired) electrons. The Labute approximate surface area is 121 Å². The molecule has 1 saturated carbocycles. The monoisotopic (exact) mass is 282 g/mol. The van der Waals surface area contributed by atoms with E-state index >= 15 is 0 Å². The molecule has 1 heterocycles. The Morgan fingerprint density at radius 2 is 2.00 bits per heavy atom. The van der Waals surface area contributed by atoms with Crippen LogP contribution in [0.2, 0.25) is 0 Å². The third kappa shape index (κ3) is 2.90. The Kier molecular flexibility index (Phi) is 4.24. The van der Waals surface area contributed by atoms with Gasteiger partial charge in [0.05, 0.1) is 19.3 Å². The lowest BCUT2D eigenvalue weighted by Gasteiger charge is -2.43. The Balaban J connectivity index is 2.04. The predicted octanol–water partition coefficient (Wildman–Crippen LogP) is 2.74. The number of rotatable bonds is 5. The summed E-state index contributed by atoms with van der Waals surface area (Å²) in [6.45, 7) is 6.86. The summed E-state index contributed by atoms with van der Waals surface area (Å²) in [6, 6.07) is 0. The lowest BCUT2D eigenvalue weighted by atomic mass is 9.61. The third-order valence-corrected chi connectivity index (χ3v) is 5.24. The van der Waals surface area contributed by atoms with Crippen molar-refractivity contribution in [2.75, 3.05) is 13.7 Å². The number of carbonyl (C=O) groups excluding carboxylic acids is 2. The second-order valence-electron chi connectivity index (χ2n) is 7.01. The van der Waals surface area contributed by atoms with Crippen molar-refractivity contribution in [1.82, 2.24) is 0 Å². The van der Waals surface area contributed by atoms with Gasteiger partial charge in [-0.05, 0) is 50.4 Å². The molecule has 0 N–H and O–H groups in total. The van der Waals surface area contributed by atoms with Gasteiger partial charge in [-0.2, -0.15) is 0 Å². The van der Waals surface area contributed by atoms with E-state index in [0.29, 0.717) is 12.3 Å². The summed E-state index contributed by atoms with van der Waals surface area (Å²) in [7, 11) is 1.34. The molecular formula is C16H26O4. The van der Waals surface area contributed by atoms with Crippen molar-refractivity contribution in [3.05, 3.63) is 0 Å². The average molecular weight is 282 g/mol. The maximum Gasteiger partial charge on any atom is 0.316 e. The molecule has 2 fully saturated rings. The fraction of sp³-hybridized carbons (Fsp3) is 0.875. The van der Waals surface area contributed by atoms with E-state index < -0.39 is 11.9 Å². The molecule has 20 heavy (non-hydrogen) atoms. The normalized spacial score (nSPS) is 32.7. The molecule has 0 bridgehead atoms. The van der Waals surface area contributed by atoms with Crippen LogP contribution >= 0.6 is 0 Å². The second-order valence-corrected chi connectivity index (χ2v) is 7.01. The highest BCUT2D eigenvalue weighted by Crippen LogP contribution is 2.56. The first-order chi connectivity index (χ1) is 9.32. The molecule has 4 heteroatoms.